The molecule has 1 fully saturated rings. The minimum absolute atomic E-state index is 0.0998. The Balaban J connectivity index is 2.09. The van der Waals surface area contributed by atoms with Gasteiger partial charge < -0.3 is 15.2 Å². The second-order valence-electron chi connectivity index (χ2n) is 6.80. The van der Waals surface area contributed by atoms with Crippen molar-refractivity contribution in [3.05, 3.63) is 11.9 Å². The minimum atomic E-state index is -0.0998. The summed E-state index contributed by atoms with van der Waals surface area (Å²) < 4.78 is 0. The highest BCUT2D eigenvalue weighted by molar-refractivity contribution is 5.49. The topological polar surface area (TPSA) is 70.3 Å². The lowest BCUT2D eigenvalue weighted by atomic mass is 9.96. The molecule has 118 valence electrons. The van der Waals surface area contributed by atoms with Crippen LogP contribution in [-0.4, -0.2) is 48.1 Å². The van der Waals surface area contributed by atoms with Crippen molar-refractivity contribution >= 4 is 11.6 Å². The first kappa shape index (κ1) is 16.0. The van der Waals surface area contributed by atoms with Crippen molar-refractivity contribution in [2.45, 2.75) is 39.0 Å². The number of aromatic nitrogens is 2. The summed E-state index contributed by atoms with van der Waals surface area (Å²) in [5, 5.41) is 0. The van der Waals surface area contributed by atoms with E-state index in [1.165, 1.54) is 25.9 Å². The molecule has 3 N–H and O–H groups in total. The molecule has 0 bridgehead atoms. The number of nitrogens with zero attached hydrogens (tertiary/aromatic N) is 4. The lowest BCUT2D eigenvalue weighted by Gasteiger charge is -2.25. The smallest absolute Gasteiger partial charge is 0.145 e. The number of nitrogens with one attached hydrogen (secondary N) is 1. The molecule has 0 aromatic carbocycles. The van der Waals surface area contributed by atoms with Gasteiger partial charge in [0.2, 0.25) is 0 Å². The Morgan fingerprint density at radius 1 is 1.29 bits per heavy atom. The van der Waals surface area contributed by atoms with Crippen molar-refractivity contribution in [2.75, 3.05) is 43.6 Å². The summed E-state index contributed by atoms with van der Waals surface area (Å²) in [6, 6.07) is 1.90. The van der Waals surface area contributed by atoms with E-state index < -0.39 is 0 Å². The Kier molecular flexibility index (Phi) is 5.00. The SMILES string of the molecule is CN(CCN1CCCC1)c1cc(NN)nc(C(C)(C)C)n1. The predicted molar refractivity (Wildman–Crippen MR) is 87.5 cm³/mol. The zero-order valence-corrected chi connectivity index (χ0v) is 13.7. The third kappa shape index (κ3) is 4.28. The van der Waals surface area contributed by atoms with Crippen LogP contribution in [0.25, 0.3) is 0 Å². The first-order valence-electron chi connectivity index (χ1n) is 7.70. The number of anilines is 2. The zero-order chi connectivity index (χ0) is 15.5. The molecular formula is C15H28N6. The number of hydrazine groups is 1. The summed E-state index contributed by atoms with van der Waals surface area (Å²) in [6.07, 6.45) is 2.65. The van der Waals surface area contributed by atoms with E-state index in [4.69, 9.17) is 10.8 Å². The van der Waals surface area contributed by atoms with Crippen LogP contribution in [0.1, 0.15) is 39.4 Å². The number of hydrogen-bond acceptors (Lipinski definition) is 6. The van der Waals surface area contributed by atoms with E-state index in [-0.39, 0.29) is 5.41 Å². The fourth-order valence-electron chi connectivity index (χ4n) is 2.45. The average Bonchev–Trinajstić information content (AvgIpc) is 2.96. The van der Waals surface area contributed by atoms with Gasteiger partial charge in [-0.05, 0) is 25.9 Å². The molecule has 0 amide bonds. The summed E-state index contributed by atoms with van der Waals surface area (Å²) in [6.45, 7) is 10.8. The van der Waals surface area contributed by atoms with Gasteiger partial charge in [0.15, 0.2) is 0 Å². The maximum absolute atomic E-state index is 5.54. The van der Waals surface area contributed by atoms with Crippen LogP contribution in [0.4, 0.5) is 11.6 Å². The van der Waals surface area contributed by atoms with Gasteiger partial charge in [-0.25, -0.2) is 15.8 Å². The van der Waals surface area contributed by atoms with E-state index in [0.29, 0.717) is 5.82 Å². The van der Waals surface area contributed by atoms with E-state index in [2.05, 4.69) is 48.0 Å². The van der Waals surface area contributed by atoms with Gasteiger partial charge >= 0.3 is 0 Å². The quantitative estimate of drug-likeness (QED) is 0.634. The van der Waals surface area contributed by atoms with Gasteiger partial charge in [0.25, 0.3) is 0 Å². The maximum Gasteiger partial charge on any atom is 0.145 e. The van der Waals surface area contributed by atoms with E-state index in [9.17, 15) is 0 Å². The van der Waals surface area contributed by atoms with Gasteiger partial charge in [-0.2, -0.15) is 0 Å². The molecule has 0 aliphatic carbocycles. The number of nitrogen functional groups attached to an aromatic ring is 1. The Bertz CT molecular complexity index is 462. The molecule has 0 unspecified atom stereocenters. The summed E-state index contributed by atoms with van der Waals surface area (Å²) in [7, 11) is 2.07. The molecule has 6 heteroatoms. The van der Waals surface area contributed by atoms with Gasteiger partial charge in [-0.3, -0.25) is 0 Å². The van der Waals surface area contributed by atoms with E-state index >= 15 is 0 Å². The number of likely N-dealkylation sites (tertiary alicyclic amines) is 1. The molecule has 6 nitrogen and oxygen atoms in total. The number of hydrogen-bond donors (Lipinski definition) is 2. The number of likely N-dealkylation sites (N-methyl/N-ethyl adjacent to an activating group) is 1. The van der Waals surface area contributed by atoms with Crippen LogP contribution in [0.15, 0.2) is 6.07 Å². The van der Waals surface area contributed by atoms with Crippen LogP contribution in [0, 0.1) is 0 Å². The minimum Gasteiger partial charge on any atom is -0.358 e. The Morgan fingerprint density at radius 2 is 1.95 bits per heavy atom. The fraction of sp³-hybridized carbons (Fsp3) is 0.733. The largest absolute Gasteiger partial charge is 0.358 e. The molecule has 1 aromatic rings. The molecule has 21 heavy (non-hydrogen) atoms. The van der Waals surface area contributed by atoms with Crippen molar-refractivity contribution in [1.29, 1.82) is 0 Å². The van der Waals surface area contributed by atoms with Crippen molar-refractivity contribution in [3.63, 3.8) is 0 Å². The van der Waals surface area contributed by atoms with Crippen molar-refractivity contribution in [3.8, 4) is 0 Å². The van der Waals surface area contributed by atoms with Gasteiger partial charge in [0.1, 0.15) is 17.5 Å². The zero-order valence-electron chi connectivity index (χ0n) is 13.7. The van der Waals surface area contributed by atoms with E-state index in [1.807, 2.05) is 6.07 Å². The van der Waals surface area contributed by atoms with Gasteiger partial charge in [-0.1, -0.05) is 20.8 Å². The molecule has 1 aliphatic rings. The predicted octanol–water partition coefficient (Wildman–Crippen LogP) is 1.59. The molecule has 1 aliphatic heterocycles. The molecule has 0 radical (unpaired) electrons. The standard InChI is InChI=1S/C15H28N6/c1-15(2,3)14-17-12(19-16)11-13(18-14)20(4)9-10-21-7-5-6-8-21/h11H,5-10,16H2,1-4H3,(H,17,18,19). The van der Waals surface area contributed by atoms with Crippen molar-refractivity contribution < 1.29 is 0 Å². The molecule has 2 rings (SSSR count). The summed E-state index contributed by atoms with van der Waals surface area (Å²) in [5.74, 6) is 7.93. The van der Waals surface area contributed by atoms with Crippen LogP contribution in [-0.2, 0) is 5.41 Å². The monoisotopic (exact) mass is 292 g/mol. The van der Waals surface area contributed by atoms with Crippen LogP contribution in [0.3, 0.4) is 0 Å². The van der Waals surface area contributed by atoms with Gasteiger partial charge in [0.05, 0.1) is 0 Å². The Morgan fingerprint density at radius 3 is 2.52 bits per heavy atom. The van der Waals surface area contributed by atoms with Crippen LogP contribution < -0.4 is 16.2 Å². The molecule has 0 spiro atoms. The summed E-state index contributed by atoms with van der Waals surface area (Å²) in [4.78, 5) is 13.8. The van der Waals surface area contributed by atoms with Crippen LogP contribution in [0.2, 0.25) is 0 Å². The highest BCUT2D eigenvalue weighted by atomic mass is 15.3. The van der Waals surface area contributed by atoms with Gasteiger partial charge in [0, 0.05) is 31.6 Å². The van der Waals surface area contributed by atoms with Crippen molar-refractivity contribution in [1.82, 2.24) is 14.9 Å². The second-order valence-corrected chi connectivity index (χ2v) is 6.80. The summed E-state index contributed by atoms with van der Waals surface area (Å²) >= 11 is 0. The van der Waals surface area contributed by atoms with Gasteiger partial charge in [-0.15, -0.1) is 0 Å². The number of nitrogens with two attached hydrogens (primary N) is 1. The lowest BCUT2D eigenvalue weighted by molar-refractivity contribution is 0.346. The maximum atomic E-state index is 5.54. The van der Waals surface area contributed by atoms with Crippen molar-refractivity contribution in [2.24, 2.45) is 5.84 Å². The highest BCUT2D eigenvalue weighted by Crippen LogP contribution is 2.23. The molecule has 2 heterocycles. The summed E-state index contributed by atoms with van der Waals surface area (Å²) in [5.41, 5.74) is 2.54. The molecule has 1 aromatic heterocycles. The first-order valence-corrected chi connectivity index (χ1v) is 7.70. The third-order valence-electron chi connectivity index (χ3n) is 3.87. The van der Waals surface area contributed by atoms with Crippen LogP contribution >= 0.6 is 0 Å². The fourth-order valence-corrected chi connectivity index (χ4v) is 2.45. The van der Waals surface area contributed by atoms with E-state index in [1.54, 1.807) is 0 Å². The van der Waals surface area contributed by atoms with E-state index in [0.717, 1.165) is 24.7 Å². The first-order chi connectivity index (χ1) is 9.90. The Labute approximate surface area is 127 Å². The second kappa shape index (κ2) is 6.58. The molecule has 1 saturated heterocycles. The molecular weight excluding hydrogens is 264 g/mol. The average molecular weight is 292 g/mol. The lowest BCUT2D eigenvalue weighted by Crippen LogP contribution is -2.32. The molecule has 0 saturated carbocycles. The number of rotatable bonds is 5. The Hall–Kier alpha value is -1.40. The highest BCUT2D eigenvalue weighted by Gasteiger charge is 2.20. The third-order valence-corrected chi connectivity index (χ3v) is 3.87. The normalized spacial score (nSPS) is 16.2. The van der Waals surface area contributed by atoms with Crippen LogP contribution in [0.5, 0.6) is 0 Å². The molecule has 0 atom stereocenters.